The van der Waals surface area contributed by atoms with E-state index >= 15 is 0 Å². The Morgan fingerprint density at radius 2 is 1.53 bits per heavy atom. The normalized spacial score (nSPS) is 11.5. The number of halogens is 1. The lowest BCUT2D eigenvalue weighted by molar-refractivity contribution is -0.142. The number of unbranched alkanes of at least 4 members (excludes halogenated alkanes) is 1. The van der Waals surface area contributed by atoms with Gasteiger partial charge in [0.05, 0.1) is 0 Å². The zero-order chi connectivity index (χ0) is 24.2. The van der Waals surface area contributed by atoms with Gasteiger partial charge in [0, 0.05) is 19.5 Å². The fourth-order valence-electron chi connectivity index (χ4n) is 3.60. The summed E-state index contributed by atoms with van der Waals surface area (Å²) >= 11 is 0. The minimum absolute atomic E-state index is 0.191. The summed E-state index contributed by atoms with van der Waals surface area (Å²) in [6.45, 7) is 2.63. The molecule has 0 bridgehead atoms. The van der Waals surface area contributed by atoms with Crippen LogP contribution >= 0.6 is 0 Å². The van der Waals surface area contributed by atoms with Gasteiger partial charge in [-0.1, -0.05) is 74.0 Å². The highest BCUT2D eigenvalue weighted by Crippen LogP contribution is 2.16. The van der Waals surface area contributed by atoms with Crippen molar-refractivity contribution in [1.29, 1.82) is 0 Å². The number of rotatable bonds is 12. The molecule has 0 saturated heterocycles. The zero-order valence-electron chi connectivity index (χ0n) is 19.5. The van der Waals surface area contributed by atoms with Gasteiger partial charge in [0.25, 0.3) is 5.91 Å². The molecule has 3 aromatic rings. The molecule has 0 aliphatic carbocycles. The van der Waals surface area contributed by atoms with Crippen LogP contribution in [0.3, 0.4) is 0 Å². The van der Waals surface area contributed by atoms with E-state index in [4.69, 9.17) is 4.74 Å². The topological polar surface area (TPSA) is 58.6 Å². The lowest BCUT2D eigenvalue weighted by Gasteiger charge is -2.31. The molecule has 3 aromatic carbocycles. The van der Waals surface area contributed by atoms with Gasteiger partial charge >= 0.3 is 0 Å². The molecule has 0 unspecified atom stereocenters. The first kappa shape index (κ1) is 25.0. The zero-order valence-corrected chi connectivity index (χ0v) is 19.5. The van der Waals surface area contributed by atoms with Crippen LogP contribution < -0.4 is 10.1 Å². The molecule has 2 amide bonds. The molecule has 0 aliphatic rings. The highest BCUT2D eigenvalue weighted by atomic mass is 19.1. The Labute approximate surface area is 200 Å². The molecule has 0 aromatic heterocycles. The summed E-state index contributed by atoms with van der Waals surface area (Å²) in [5.41, 5.74) is 1.88. The third kappa shape index (κ3) is 7.73. The van der Waals surface area contributed by atoms with Gasteiger partial charge < -0.3 is 15.0 Å². The predicted molar refractivity (Wildman–Crippen MR) is 131 cm³/mol. The van der Waals surface area contributed by atoms with E-state index in [1.54, 1.807) is 4.90 Å². The van der Waals surface area contributed by atoms with E-state index < -0.39 is 6.04 Å². The maximum absolute atomic E-state index is 13.4. The summed E-state index contributed by atoms with van der Waals surface area (Å²) in [7, 11) is 0. The van der Waals surface area contributed by atoms with Crippen molar-refractivity contribution in [2.45, 2.75) is 38.8 Å². The molecule has 5 nitrogen and oxygen atoms in total. The Kier molecular flexibility index (Phi) is 9.65. The Bertz CT molecular complexity index is 1030. The van der Waals surface area contributed by atoms with Gasteiger partial charge in [0.2, 0.25) is 5.91 Å². The van der Waals surface area contributed by atoms with Crippen LogP contribution in [0.5, 0.6) is 5.75 Å². The summed E-state index contributed by atoms with van der Waals surface area (Å²) in [5, 5.41) is 2.99. The first-order valence-electron chi connectivity index (χ1n) is 11.6. The lowest BCUT2D eigenvalue weighted by Crippen LogP contribution is -2.51. The Balaban J connectivity index is 1.85. The van der Waals surface area contributed by atoms with Crippen molar-refractivity contribution in [1.82, 2.24) is 10.2 Å². The van der Waals surface area contributed by atoms with Crippen LogP contribution in [0, 0.1) is 5.82 Å². The van der Waals surface area contributed by atoms with Crippen LogP contribution in [0.15, 0.2) is 84.9 Å². The van der Waals surface area contributed by atoms with E-state index in [1.807, 2.05) is 60.7 Å². The van der Waals surface area contributed by atoms with Gasteiger partial charge in [0.15, 0.2) is 6.61 Å². The van der Waals surface area contributed by atoms with E-state index in [1.165, 1.54) is 24.3 Å². The molecule has 0 aliphatic heterocycles. The third-order valence-corrected chi connectivity index (χ3v) is 5.47. The minimum atomic E-state index is -0.705. The van der Waals surface area contributed by atoms with Crippen molar-refractivity contribution in [2.75, 3.05) is 13.2 Å². The number of hydrogen-bond acceptors (Lipinski definition) is 3. The van der Waals surface area contributed by atoms with Gasteiger partial charge in [-0.25, -0.2) is 4.39 Å². The van der Waals surface area contributed by atoms with Gasteiger partial charge in [-0.2, -0.15) is 0 Å². The molecule has 34 heavy (non-hydrogen) atoms. The molecule has 1 N–H and O–H groups in total. The number of nitrogens with zero attached hydrogens (tertiary/aromatic N) is 1. The van der Waals surface area contributed by atoms with E-state index in [2.05, 4.69) is 12.2 Å². The summed E-state index contributed by atoms with van der Waals surface area (Å²) in [4.78, 5) is 28.3. The second-order valence-corrected chi connectivity index (χ2v) is 8.10. The number of amides is 2. The highest BCUT2D eigenvalue weighted by Gasteiger charge is 2.30. The van der Waals surface area contributed by atoms with Gasteiger partial charge in [-0.3, -0.25) is 9.59 Å². The fraction of sp³-hybridized carbons (Fsp3) is 0.286. The Hall–Kier alpha value is -3.67. The smallest absolute Gasteiger partial charge is 0.261 e. The van der Waals surface area contributed by atoms with Crippen molar-refractivity contribution in [3.8, 4) is 5.75 Å². The summed E-state index contributed by atoms with van der Waals surface area (Å²) < 4.78 is 18.8. The molecule has 178 valence electrons. The molecule has 0 heterocycles. The summed E-state index contributed by atoms with van der Waals surface area (Å²) in [6, 6.07) is 24.0. The quantitative estimate of drug-likeness (QED) is 0.395. The highest BCUT2D eigenvalue weighted by molar-refractivity contribution is 5.88. The molecule has 1 atom stereocenters. The van der Waals surface area contributed by atoms with E-state index in [-0.39, 0.29) is 30.8 Å². The average molecular weight is 463 g/mol. The largest absolute Gasteiger partial charge is 0.484 e. The van der Waals surface area contributed by atoms with Crippen molar-refractivity contribution in [3.05, 3.63) is 102 Å². The maximum Gasteiger partial charge on any atom is 0.261 e. The molecule has 3 rings (SSSR count). The molecule has 6 heteroatoms. The van der Waals surface area contributed by atoms with Gasteiger partial charge in [-0.15, -0.1) is 0 Å². The molecular formula is C28H31FN2O3. The van der Waals surface area contributed by atoms with Crippen LogP contribution in [0.4, 0.5) is 4.39 Å². The van der Waals surface area contributed by atoms with Crippen molar-refractivity contribution in [3.63, 3.8) is 0 Å². The third-order valence-electron chi connectivity index (χ3n) is 5.47. The van der Waals surface area contributed by atoms with Crippen LogP contribution in [0.1, 0.15) is 30.9 Å². The monoisotopic (exact) mass is 462 g/mol. The number of ether oxygens (including phenoxy) is 1. The first-order valence-corrected chi connectivity index (χ1v) is 11.6. The number of hydrogen-bond donors (Lipinski definition) is 1. The van der Waals surface area contributed by atoms with Crippen molar-refractivity contribution < 1.29 is 18.7 Å². The van der Waals surface area contributed by atoms with Gasteiger partial charge in [0.1, 0.15) is 17.6 Å². The number of carbonyl (C=O) groups excluding carboxylic acids is 2. The second kappa shape index (κ2) is 13.1. The Morgan fingerprint density at radius 3 is 2.15 bits per heavy atom. The molecule has 0 fully saturated rings. The van der Waals surface area contributed by atoms with E-state index in [0.29, 0.717) is 18.7 Å². The van der Waals surface area contributed by atoms with Crippen LogP contribution in [-0.2, 0) is 22.6 Å². The fourth-order valence-corrected chi connectivity index (χ4v) is 3.60. The molecular weight excluding hydrogens is 431 g/mol. The minimum Gasteiger partial charge on any atom is -0.484 e. The standard InChI is InChI=1S/C28H31FN2O3/c1-2-3-18-30-28(33)26(19-22-10-6-4-7-11-22)31(20-23-12-8-5-9-13-23)27(32)21-34-25-16-14-24(29)15-17-25/h4-17,26H,2-3,18-21H2,1H3,(H,30,33)/t26-/m1/s1. The van der Waals surface area contributed by atoms with Gasteiger partial charge in [-0.05, 0) is 41.8 Å². The summed E-state index contributed by atoms with van der Waals surface area (Å²) in [6.07, 6.45) is 2.21. The predicted octanol–water partition coefficient (Wildman–Crippen LogP) is 4.76. The average Bonchev–Trinajstić information content (AvgIpc) is 2.87. The SMILES string of the molecule is CCCCNC(=O)[C@@H](Cc1ccccc1)N(Cc1ccccc1)C(=O)COc1ccc(F)cc1. The lowest BCUT2D eigenvalue weighted by atomic mass is 10.0. The number of benzene rings is 3. The van der Waals surface area contributed by atoms with Crippen molar-refractivity contribution in [2.24, 2.45) is 0 Å². The molecule has 0 radical (unpaired) electrons. The number of nitrogens with one attached hydrogen (secondary N) is 1. The van der Waals surface area contributed by atoms with E-state index in [0.717, 1.165) is 24.0 Å². The van der Waals surface area contributed by atoms with Crippen LogP contribution in [-0.4, -0.2) is 35.9 Å². The van der Waals surface area contributed by atoms with Crippen LogP contribution in [0.2, 0.25) is 0 Å². The molecule has 0 spiro atoms. The molecule has 0 saturated carbocycles. The second-order valence-electron chi connectivity index (χ2n) is 8.10. The first-order chi connectivity index (χ1) is 16.6. The van der Waals surface area contributed by atoms with E-state index in [9.17, 15) is 14.0 Å². The number of carbonyl (C=O) groups is 2. The van der Waals surface area contributed by atoms with Crippen LogP contribution in [0.25, 0.3) is 0 Å². The van der Waals surface area contributed by atoms with Crippen molar-refractivity contribution >= 4 is 11.8 Å². The summed E-state index contributed by atoms with van der Waals surface area (Å²) in [5.74, 6) is -0.499. The maximum atomic E-state index is 13.4. The Morgan fingerprint density at radius 1 is 0.912 bits per heavy atom.